The van der Waals surface area contributed by atoms with Gasteiger partial charge in [-0.2, -0.15) is 0 Å². The zero-order valence-corrected chi connectivity index (χ0v) is 13.1. The molecule has 0 radical (unpaired) electrons. The van der Waals surface area contributed by atoms with Crippen molar-refractivity contribution in [3.05, 3.63) is 58.5 Å². The van der Waals surface area contributed by atoms with Crippen LogP contribution in [0.25, 0.3) is 11.1 Å². The molecule has 116 valence electrons. The van der Waals surface area contributed by atoms with E-state index in [1.54, 1.807) is 17.2 Å². The van der Waals surface area contributed by atoms with Gasteiger partial charge in [-0.3, -0.25) is 9.59 Å². The quantitative estimate of drug-likeness (QED) is 0.889. The lowest BCUT2D eigenvalue weighted by atomic mass is 10.0. The Kier molecular flexibility index (Phi) is 5.53. The van der Waals surface area contributed by atoms with E-state index in [0.29, 0.717) is 18.7 Å². The maximum Gasteiger partial charge on any atom is 0.261 e. The Morgan fingerprint density at radius 3 is 2.27 bits per heavy atom. The second-order valence-electron chi connectivity index (χ2n) is 5.25. The molecule has 4 nitrogen and oxygen atoms in total. The highest BCUT2D eigenvalue weighted by atomic mass is 16.2. The monoisotopic (exact) mass is 298 g/mol. The highest BCUT2D eigenvalue weighted by Gasteiger charge is 2.21. The molecular weight excluding hydrogens is 276 g/mol. The number of hydrogen-bond donors (Lipinski definition) is 1. The van der Waals surface area contributed by atoms with Crippen molar-refractivity contribution in [1.29, 1.82) is 0 Å². The second kappa shape index (κ2) is 7.59. The van der Waals surface area contributed by atoms with Gasteiger partial charge < -0.3 is 9.88 Å². The summed E-state index contributed by atoms with van der Waals surface area (Å²) in [4.78, 5) is 29.5. The van der Waals surface area contributed by atoms with E-state index in [2.05, 4.69) is 4.98 Å². The van der Waals surface area contributed by atoms with Crippen molar-refractivity contribution in [1.82, 2.24) is 9.88 Å². The van der Waals surface area contributed by atoms with E-state index in [4.69, 9.17) is 0 Å². The van der Waals surface area contributed by atoms with Gasteiger partial charge in [0.25, 0.3) is 11.5 Å². The summed E-state index contributed by atoms with van der Waals surface area (Å²) in [7, 11) is 0. The summed E-state index contributed by atoms with van der Waals surface area (Å²) in [6.45, 7) is 5.39. The largest absolute Gasteiger partial charge is 0.338 e. The lowest BCUT2D eigenvalue weighted by Gasteiger charge is -2.22. The summed E-state index contributed by atoms with van der Waals surface area (Å²) in [6, 6.07) is 11.3. The molecule has 1 heterocycles. The van der Waals surface area contributed by atoms with Gasteiger partial charge in [-0.1, -0.05) is 44.2 Å². The smallest absolute Gasteiger partial charge is 0.261 e. The van der Waals surface area contributed by atoms with E-state index in [1.807, 2.05) is 44.2 Å². The van der Waals surface area contributed by atoms with Crippen LogP contribution in [0.4, 0.5) is 0 Å². The van der Waals surface area contributed by atoms with Gasteiger partial charge in [0.15, 0.2) is 0 Å². The Morgan fingerprint density at radius 1 is 1.05 bits per heavy atom. The number of aromatic amines is 1. The molecule has 4 heteroatoms. The molecular formula is C18H22N2O2. The third-order valence-electron chi connectivity index (χ3n) is 3.53. The van der Waals surface area contributed by atoms with Gasteiger partial charge in [-0.25, -0.2) is 0 Å². The van der Waals surface area contributed by atoms with Crippen molar-refractivity contribution < 1.29 is 4.79 Å². The zero-order valence-electron chi connectivity index (χ0n) is 13.1. The molecule has 0 aliphatic carbocycles. The molecule has 0 fully saturated rings. The van der Waals surface area contributed by atoms with Crippen LogP contribution in [0.15, 0.2) is 47.4 Å². The number of nitrogens with zero attached hydrogens (tertiary/aromatic N) is 1. The number of aromatic nitrogens is 1. The van der Waals surface area contributed by atoms with E-state index in [-0.39, 0.29) is 17.0 Å². The Hall–Kier alpha value is -2.36. The van der Waals surface area contributed by atoms with Crippen LogP contribution < -0.4 is 5.56 Å². The third kappa shape index (κ3) is 3.45. The first-order chi connectivity index (χ1) is 10.7. The van der Waals surface area contributed by atoms with Crippen molar-refractivity contribution in [2.75, 3.05) is 13.1 Å². The molecule has 0 aliphatic heterocycles. The second-order valence-corrected chi connectivity index (χ2v) is 5.25. The van der Waals surface area contributed by atoms with Crippen molar-refractivity contribution in [3.63, 3.8) is 0 Å². The van der Waals surface area contributed by atoms with Gasteiger partial charge in [-0.15, -0.1) is 0 Å². The first-order valence-electron chi connectivity index (χ1n) is 7.75. The SMILES string of the molecule is CCCN(CCC)C(=O)c1c(-c2ccccc2)cc[nH]c1=O. The van der Waals surface area contributed by atoms with Gasteiger partial charge in [0.05, 0.1) is 0 Å². The van der Waals surface area contributed by atoms with Gasteiger partial charge in [0.1, 0.15) is 5.56 Å². The fourth-order valence-corrected chi connectivity index (χ4v) is 2.56. The molecule has 0 saturated carbocycles. The lowest BCUT2D eigenvalue weighted by molar-refractivity contribution is 0.0754. The highest BCUT2D eigenvalue weighted by molar-refractivity contribution is 6.00. The first kappa shape index (κ1) is 16.0. The van der Waals surface area contributed by atoms with Crippen LogP contribution in [0, 0.1) is 0 Å². The van der Waals surface area contributed by atoms with Crippen LogP contribution in [0.2, 0.25) is 0 Å². The molecule has 0 aliphatic rings. The number of benzene rings is 1. The fraction of sp³-hybridized carbons (Fsp3) is 0.333. The van der Waals surface area contributed by atoms with Crippen LogP contribution in [0.1, 0.15) is 37.0 Å². The topological polar surface area (TPSA) is 53.2 Å². The number of carbonyl (C=O) groups is 1. The number of carbonyl (C=O) groups excluding carboxylic acids is 1. The third-order valence-corrected chi connectivity index (χ3v) is 3.53. The molecule has 22 heavy (non-hydrogen) atoms. The van der Waals surface area contributed by atoms with Crippen LogP contribution in [-0.4, -0.2) is 28.9 Å². The van der Waals surface area contributed by atoms with Crippen LogP contribution in [-0.2, 0) is 0 Å². The van der Waals surface area contributed by atoms with E-state index in [9.17, 15) is 9.59 Å². The predicted molar refractivity (Wildman–Crippen MR) is 89.0 cm³/mol. The molecule has 1 aromatic carbocycles. The predicted octanol–water partition coefficient (Wildman–Crippen LogP) is 3.30. The Morgan fingerprint density at radius 2 is 1.68 bits per heavy atom. The Labute approximate surface area is 130 Å². The Bertz CT molecular complexity index is 671. The van der Waals surface area contributed by atoms with Gasteiger partial charge in [0.2, 0.25) is 0 Å². The first-order valence-corrected chi connectivity index (χ1v) is 7.75. The van der Waals surface area contributed by atoms with Crippen molar-refractivity contribution >= 4 is 5.91 Å². The number of nitrogens with one attached hydrogen (secondary N) is 1. The Balaban J connectivity index is 2.50. The van der Waals surface area contributed by atoms with Gasteiger partial charge >= 0.3 is 0 Å². The molecule has 1 aromatic heterocycles. The molecule has 0 saturated heterocycles. The fourth-order valence-electron chi connectivity index (χ4n) is 2.56. The van der Waals surface area contributed by atoms with E-state index in [0.717, 1.165) is 18.4 Å². The minimum Gasteiger partial charge on any atom is -0.338 e. The standard InChI is InChI=1S/C18H22N2O2/c1-3-12-20(13-4-2)18(22)16-15(10-11-19-17(16)21)14-8-6-5-7-9-14/h5-11H,3-4,12-13H2,1-2H3,(H,19,21). The maximum absolute atomic E-state index is 12.8. The molecule has 0 spiro atoms. The van der Waals surface area contributed by atoms with Crippen molar-refractivity contribution in [2.45, 2.75) is 26.7 Å². The molecule has 2 aromatic rings. The zero-order chi connectivity index (χ0) is 15.9. The summed E-state index contributed by atoms with van der Waals surface area (Å²) in [6.07, 6.45) is 3.33. The minimum atomic E-state index is -0.330. The van der Waals surface area contributed by atoms with Crippen molar-refractivity contribution in [2.24, 2.45) is 0 Å². The molecule has 1 amide bonds. The van der Waals surface area contributed by atoms with E-state index >= 15 is 0 Å². The average Bonchev–Trinajstić information content (AvgIpc) is 2.54. The van der Waals surface area contributed by atoms with Crippen LogP contribution >= 0.6 is 0 Å². The number of hydrogen-bond acceptors (Lipinski definition) is 2. The summed E-state index contributed by atoms with van der Waals surface area (Å²) < 4.78 is 0. The molecule has 0 bridgehead atoms. The molecule has 0 unspecified atom stereocenters. The number of H-pyrrole nitrogens is 1. The normalized spacial score (nSPS) is 10.5. The number of amides is 1. The van der Waals surface area contributed by atoms with Crippen LogP contribution in [0.3, 0.4) is 0 Å². The summed E-state index contributed by atoms with van der Waals surface area (Å²) in [5.74, 6) is -0.190. The molecule has 0 atom stereocenters. The summed E-state index contributed by atoms with van der Waals surface area (Å²) in [5, 5.41) is 0. The lowest BCUT2D eigenvalue weighted by Crippen LogP contribution is -2.36. The summed E-state index contributed by atoms with van der Waals surface area (Å²) >= 11 is 0. The minimum absolute atomic E-state index is 0.190. The van der Waals surface area contributed by atoms with E-state index in [1.165, 1.54) is 0 Å². The maximum atomic E-state index is 12.8. The highest BCUT2D eigenvalue weighted by Crippen LogP contribution is 2.22. The van der Waals surface area contributed by atoms with Crippen molar-refractivity contribution in [3.8, 4) is 11.1 Å². The number of rotatable bonds is 6. The van der Waals surface area contributed by atoms with Gasteiger partial charge in [-0.05, 0) is 24.5 Å². The average molecular weight is 298 g/mol. The van der Waals surface area contributed by atoms with E-state index < -0.39 is 0 Å². The van der Waals surface area contributed by atoms with Crippen LogP contribution in [0.5, 0.6) is 0 Å². The van der Waals surface area contributed by atoms with Gasteiger partial charge in [0, 0.05) is 24.8 Å². The summed E-state index contributed by atoms with van der Waals surface area (Å²) in [5.41, 5.74) is 1.47. The molecule has 1 N–H and O–H groups in total. The number of pyridine rings is 1. The molecule has 2 rings (SSSR count).